The van der Waals surface area contributed by atoms with Crippen LogP contribution in [-0.4, -0.2) is 54.1 Å². The lowest BCUT2D eigenvalue weighted by Gasteiger charge is -2.32. The van der Waals surface area contributed by atoms with Gasteiger partial charge in [0.25, 0.3) is 0 Å². The Morgan fingerprint density at radius 2 is 1.94 bits per heavy atom. The second-order valence-electron chi connectivity index (χ2n) is 4.10. The van der Waals surface area contributed by atoms with Gasteiger partial charge in [-0.05, 0) is 26.3 Å². The zero-order chi connectivity index (χ0) is 14.2. The van der Waals surface area contributed by atoms with Gasteiger partial charge in [-0.25, -0.2) is 0 Å². The van der Waals surface area contributed by atoms with Crippen molar-refractivity contribution in [3.63, 3.8) is 0 Å². The van der Waals surface area contributed by atoms with Gasteiger partial charge in [-0.3, -0.25) is 18.3 Å². The fourth-order valence-electron chi connectivity index (χ4n) is 1.80. The monoisotopic (exact) mass is 280 g/mol. The number of nitrogens with zero attached hydrogens (tertiary/aromatic N) is 2. The van der Waals surface area contributed by atoms with E-state index in [1.165, 1.54) is 25.8 Å². The van der Waals surface area contributed by atoms with E-state index in [-0.39, 0.29) is 5.96 Å². The predicted octanol–water partition coefficient (Wildman–Crippen LogP) is -1.20. The number of hydrogen-bond acceptors (Lipinski definition) is 6. The minimum absolute atomic E-state index is 0.199. The number of hydrogen-bond donors (Lipinski definition) is 2. The Labute approximate surface area is 108 Å². The van der Waals surface area contributed by atoms with Gasteiger partial charge in [-0.1, -0.05) is 6.42 Å². The van der Waals surface area contributed by atoms with Gasteiger partial charge in [0.2, 0.25) is 0 Å². The summed E-state index contributed by atoms with van der Waals surface area (Å²) in [5.74, 6) is 0.199. The summed E-state index contributed by atoms with van der Waals surface area (Å²) in [4.78, 5) is 6.44. The van der Waals surface area contributed by atoms with E-state index >= 15 is 0 Å². The highest BCUT2D eigenvalue weighted by Crippen LogP contribution is 2.15. The van der Waals surface area contributed by atoms with Crippen LogP contribution in [0.3, 0.4) is 0 Å². The zero-order valence-corrected chi connectivity index (χ0v) is 11.2. The fourth-order valence-corrected chi connectivity index (χ4v) is 1.80. The van der Waals surface area contributed by atoms with E-state index in [1.54, 1.807) is 0 Å². The normalized spacial score (nSPS) is 20.7. The molecule has 0 bridgehead atoms. The molecule has 9 heteroatoms. The van der Waals surface area contributed by atoms with Crippen LogP contribution in [0.2, 0.25) is 0 Å². The Hall–Kier alpha value is -0.900. The molecule has 1 unspecified atom stereocenters. The molecule has 1 rings (SSSR count). The average Bonchev–Trinajstić information content (AvgIpc) is 2.18. The van der Waals surface area contributed by atoms with E-state index in [0.717, 1.165) is 13.1 Å². The maximum absolute atomic E-state index is 8.52. The summed E-state index contributed by atoms with van der Waals surface area (Å²) in [5, 5.41) is 0. The molecule has 4 N–H and O–H groups in total. The average molecular weight is 280 g/mol. The molecule has 0 aromatic heterocycles. The molecule has 0 spiro atoms. The summed E-state index contributed by atoms with van der Waals surface area (Å²) in [6, 6.07) is 0.697. The minimum Gasteiger partial charge on any atom is -0.759 e. The molecule has 0 saturated carbocycles. The number of nitrogens with two attached hydrogens (primary N) is 2. The van der Waals surface area contributed by atoms with Gasteiger partial charge in [-0.15, -0.1) is 0 Å². The van der Waals surface area contributed by atoms with Crippen LogP contribution in [0.5, 0.6) is 0 Å². The Morgan fingerprint density at radius 1 is 1.39 bits per heavy atom. The van der Waals surface area contributed by atoms with Gasteiger partial charge < -0.3 is 20.6 Å². The summed E-state index contributed by atoms with van der Waals surface area (Å²) < 4.78 is 34.1. The van der Waals surface area contributed by atoms with Crippen molar-refractivity contribution in [1.82, 2.24) is 4.90 Å². The standard InChI is InChI=1S/C9H20N4.H2O4S/c1-8-4-2-3-6-13(8)7-5-12-9(10)11;1-5(2,3)4/h8H,2-7H2,1H3,(H4,10,11,12);(H2,1,2,3,4)/p-2. The zero-order valence-electron chi connectivity index (χ0n) is 10.4. The number of guanidine groups is 1. The first kappa shape index (κ1) is 17.1. The maximum Gasteiger partial charge on any atom is 0.185 e. The summed E-state index contributed by atoms with van der Waals surface area (Å²) in [6.45, 7) is 5.18. The lowest BCUT2D eigenvalue weighted by molar-refractivity contribution is 0.166. The summed E-state index contributed by atoms with van der Waals surface area (Å²) in [6.07, 6.45) is 3.98. The predicted molar refractivity (Wildman–Crippen MR) is 66.0 cm³/mol. The van der Waals surface area contributed by atoms with Crippen molar-refractivity contribution in [2.75, 3.05) is 19.6 Å². The Balaban J connectivity index is 0.000000494. The molecule has 1 aliphatic heterocycles. The van der Waals surface area contributed by atoms with Gasteiger partial charge in [0, 0.05) is 23.0 Å². The molecular formula is C9H20N4O4S-2. The molecule has 0 aromatic carbocycles. The van der Waals surface area contributed by atoms with E-state index < -0.39 is 10.4 Å². The topological polar surface area (TPSA) is 148 Å². The van der Waals surface area contributed by atoms with Crippen molar-refractivity contribution in [2.45, 2.75) is 32.2 Å². The van der Waals surface area contributed by atoms with Gasteiger partial charge >= 0.3 is 0 Å². The SMILES string of the molecule is CC1CCCCN1CCN=C(N)N.O=S(=O)([O-])[O-]. The molecule has 1 saturated heterocycles. The molecule has 0 aromatic rings. The molecule has 108 valence electrons. The first-order valence-corrected chi connectivity index (χ1v) is 6.99. The van der Waals surface area contributed by atoms with Crippen molar-refractivity contribution in [2.24, 2.45) is 16.5 Å². The van der Waals surface area contributed by atoms with E-state index in [0.29, 0.717) is 6.04 Å². The minimum atomic E-state index is -5.17. The Morgan fingerprint density at radius 3 is 2.39 bits per heavy atom. The van der Waals surface area contributed by atoms with Crippen molar-refractivity contribution in [3.05, 3.63) is 0 Å². The van der Waals surface area contributed by atoms with Gasteiger partial charge in [0.1, 0.15) is 0 Å². The maximum atomic E-state index is 8.52. The largest absolute Gasteiger partial charge is 0.759 e. The molecule has 0 radical (unpaired) electrons. The van der Waals surface area contributed by atoms with Crippen molar-refractivity contribution >= 4 is 16.4 Å². The summed E-state index contributed by atoms with van der Waals surface area (Å²) in [5.41, 5.74) is 10.5. The smallest absolute Gasteiger partial charge is 0.185 e. The van der Waals surface area contributed by atoms with Crippen molar-refractivity contribution < 1.29 is 17.5 Å². The van der Waals surface area contributed by atoms with Crippen LogP contribution in [0.15, 0.2) is 4.99 Å². The lowest BCUT2D eigenvalue weighted by Crippen LogP contribution is -2.39. The highest BCUT2D eigenvalue weighted by molar-refractivity contribution is 7.79. The van der Waals surface area contributed by atoms with E-state index in [4.69, 9.17) is 29.0 Å². The molecule has 0 aliphatic carbocycles. The van der Waals surface area contributed by atoms with Crippen LogP contribution < -0.4 is 11.5 Å². The van der Waals surface area contributed by atoms with E-state index in [9.17, 15) is 0 Å². The lowest BCUT2D eigenvalue weighted by atomic mass is 10.0. The van der Waals surface area contributed by atoms with Gasteiger partial charge in [0.15, 0.2) is 5.96 Å². The number of rotatable bonds is 3. The van der Waals surface area contributed by atoms with Crippen molar-refractivity contribution in [3.8, 4) is 0 Å². The van der Waals surface area contributed by atoms with Crippen LogP contribution in [-0.2, 0) is 10.4 Å². The molecule has 8 nitrogen and oxygen atoms in total. The quantitative estimate of drug-likeness (QED) is 0.285. The summed E-state index contributed by atoms with van der Waals surface area (Å²) in [7, 11) is -5.17. The second-order valence-corrected chi connectivity index (χ2v) is 4.91. The molecule has 1 fully saturated rings. The van der Waals surface area contributed by atoms with Gasteiger partial charge in [-0.2, -0.15) is 0 Å². The second kappa shape index (κ2) is 8.25. The van der Waals surface area contributed by atoms with Crippen LogP contribution >= 0.6 is 0 Å². The first-order valence-electron chi connectivity index (χ1n) is 5.66. The van der Waals surface area contributed by atoms with E-state index in [2.05, 4.69) is 16.8 Å². The summed E-state index contributed by atoms with van der Waals surface area (Å²) >= 11 is 0. The van der Waals surface area contributed by atoms with Crippen LogP contribution in [0, 0.1) is 0 Å². The highest BCUT2D eigenvalue weighted by atomic mass is 32.3. The van der Waals surface area contributed by atoms with Crippen LogP contribution in [0.4, 0.5) is 0 Å². The van der Waals surface area contributed by atoms with Crippen molar-refractivity contribution in [1.29, 1.82) is 0 Å². The van der Waals surface area contributed by atoms with Crippen LogP contribution in [0.1, 0.15) is 26.2 Å². The van der Waals surface area contributed by atoms with Gasteiger partial charge in [0.05, 0.1) is 6.54 Å². The third-order valence-electron chi connectivity index (χ3n) is 2.62. The highest BCUT2D eigenvalue weighted by Gasteiger charge is 2.16. The third-order valence-corrected chi connectivity index (χ3v) is 2.62. The third kappa shape index (κ3) is 11.6. The van der Waals surface area contributed by atoms with Crippen LogP contribution in [0.25, 0.3) is 0 Å². The molecule has 1 atom stereocenters. The molecule has 1 aliphatic rings. The number of piperidine rings is 1. The Bertz CT molecular complexity index is 346. The fraction of sp³-hybridized carbons (Fsp3) is 0.889. The Kier molecular flexibility index (Phi) is 7.83. The first-order chi connectivity index (χ1) is 8.20. The molecule has 0 amide bonds. The molecule has 18 heavy (non-hydrogen) atoms. The molecular weight excluding hydrogens is 260 g/mol. The number of aliphatic imine (C=N–C) groups is 1. The number of likely N-dealkylation sites (tertiary alicyclic amines) is 1. The molecule has 1 heterocycles. The van der Waals surface area contributed by atoms with E-state index in [1.807, 2.05) is 0 Å².